The third-order valence-electron chi connectivity index (χ3n) is 6.11. The maximum absolute atomic E-state index is 12.5. The van der Waals surface area contributed by atoms with Crippen molar-refractivity contribution in [2.75, 3.05) is 0 Å². The molecule has 114 valence electrons. The molecule has 3 rings (SSSR count). The average Bonchev–Trinajstić information content (AvgIpc) is 2.74. The molecule has 2 saturated carbocycles. The summed E-state index contributed by atoms with van der Waals surface area (Å²) in [4.78, 5) is 12.5. The Balaban J connectivity index is 1.82. The summed E-state index contributed by atoms with van der Waals surface area (Å²) in [6.07, 6.45) is 3.42. The van der Waals surface area contributed by atoms with Crippen molar-refractivity contribution in [1.82, 2.24) is 0 Å². The third-order valence-corrected chi connectivity index (χ3v) is 7.29. The highest BCUT2D eigenvalue weighted by Crippen LogP contribution is 2.66. The Morgan fingerprint density at radius 2 is 2.10 bits per heavy atom. The van der Waals surface area contributed by atoms with Gasteiger partial charge in [0.25, 0.3) is 0 Å². The number of hydrogen-bond acceptors (Lipinski definition) is 2. The van der Waals surface area contributed by atoms with Gasteiger partial charge in [-0.25, -0.2) is 4.79 Å². The monoisotopic (exact) mass is 418 g/mol. The van der Waals surface area contributed by atoms with Crippen LogP contribution in [0.1, 0.15) is 50.4 Å². The molecule has 2 nitrogen and oxygen atoms in total. The van der Waals surface area contributed by atoms with E-state index in [4.69, 9.17) is 16.3 Å². The molecule has 0 heterocycles. The van der Waals surface area contributed by atoms with Crippen molar-refractivity contribution in [3.8, 4) is 0 Å². The number of fused-ring (bicyclic) bond motifs is 2. The first kappa shape index (κ1) is 15.6. The molecule has 1 aromatic rings. The van der Waals surface area contributed by atoms with Crippen LogP contribution in [0.5, 0.6) is 0 Å². The lowest BCUT2D eigenvalue weighted by atomic mass is 9.70. The van der Waals surface area contributed by atoms with E-state index < -0.39 is 0 Å². The zero-order valence-corrected chi connectivity index (χ0v) is 15.5. The number of carbonyl (C=O) groups is 1. The molecule has 1 aromatic carbocycles. The predicted octanol–water partition coefficient (Wildman–Crippen LogP) is 5.32. The predicted molar refractivity (Wildman–Crippen MR) is 92.6 cm³/mol. The first-order valence-corrected chi connectivity index (χ1v) is 8.87. The molecule has 0 N–H and O–H groups in total. The smallest absolute Gasteiger partial charge is 0.339 e. The molecule has 0 amide bonds. The van der Waals surface area contributed by atoms with Gasteiger partial charge >= 0.3 is 5.97 Å². The van der Waals surface area contributed by atoms with Crippen LogP contribution in [0.15, 0.2) is 18.2 Å². The molecule has 0 aromatic heterocycles. The minimum absolute atomic E-state index is 0.0218. The van der Waals surface area contributed by atoms with Gasteiger partial charge in [-0.05, 0) is 71.4 Å². The topological polar surface area (TPSA) is 26.3 Å². The van der Waals surface area contributed by atoms with Gasteiger partial charge in [-0.1, -0.05) is 32.4 Å². The van der Waals surface area contributed by atoms with Gasteiger partial charge in [-0.3, -0.25) is 0 Å². The molecular formula is C17H20ClIO2. The van der Waals surface area contributed by atoms with E-state index in [-0.39, 0.29) is 22.9 Å². The van der Waals surface area contributed by atoms with Crippen LogP contribution in [0, 0.1) is 20.3 Å². The van der Waals surface area contributed by atoms with E-state index in [0.717, 1.165) is 16.4 Å². The van der Waals surface area contributed by atoms with Crippen molar-refractivity contribution in [3.05, 3.63) is 32.4 Å². The average molecular weight is 419 g/mol. The van der Waals surface area contributed by atoms with E-state index >= 15 is 0 Å². The van der Waals surface area contributed by atoms with Crippen LogP contribution < -0.4 is 0 Å². The summed E-state index contributed by atoms with van der Waals surface area (Å²) in [6, 6.07) is 5.35. The summed E-state index contributed by atoms with van der Waals surface area (Å²) < 4.78 is 6.79. The lowest BCUT2D eigenvalue weighted by Crippen LogP contribution is -2.38. The van der Waals surface area contributed by atoms with Gasteiger partial charge in [0.2, 0.25) is 0 Å². The fourth-order valence-electron chi connectivity index (χ4n) is 4.16. The third kappa shape index (κ3) is 2.31. The number of ether oxygens (including phenoxy) is 1. The Morgan fingerprint density at radius 1 is 1.38 bits per heavy atom. The van der Waals surface area contributed by atoms with Crippen LogP contribution in [-0.2, 0) is 4.74 Å². The standard InChI is InChI=1S/C17H20ClIO2/c1-16(2)10-6-7-17(16,3)14(8-10)21-15(20)12-9-11(18)4-5-13(12)19/h4-5,9-10,14H,6-8H2,1-3H3. The normalized spacial score (nSPS) is 33.2. The van der Waals surface area contributed by atoms with Crippen molar-refractivity contribution in [3.63, 3.8) is 0 Å². The molecule has 0 aliphatic heterocycles. The van der Waals surface area contributed by atoms with Crippen LogP contribution in [0.25, 0.3) is 0 Å². The molecule has 0 spiro atoms. The molecule has 0 radical (unpaired) electrons. The summed E-state index contributed by atoms with van der Waals surface area (Å²) >= 11 is 8.16. The Kier molecular flexibility index (Phi) is 3.80. The lowest BCUT2D eigenvalue weighted by molar-refractivity contribution is -0.0243. The van der Waals surface area contributed by atoms with Gasteiger partial charge in [0.05, 0.1) is 5.56 Å². The SMILES string of the molecule is CC1(C)C2CCC1(C)C(OC(=O)c1cc(Cl)ccc1I)C2. The molecule has 3 unspecified atom stereocenters. The van der Waals surface area contributed by atoms with E-state index in [1.807, 2.05) is 6.07 Å². The van der Waals surface area contributed by atoms with Gasteiger partial charge in [-0.15, -0.1) is 0 Å². The van der Waals surface area contributed by atoms with Crippen LogP contribution in [0.3, 0.4) is 0 Å². The van der Waals surface area contributed by atoms with Gasteiger partial charge in [0, 0.05) is 14.0 Å². The zero-order valence-electron chi connectivity index (χ0n) is 12.6. The van der Waals surface area contributed by atoms with E-state index in [0.29, 0.717) is 16.5 Å². The minimum Gasteiger partial charge on any atom is -0.458 e. The first-order chi connectivity index (χ1) is 9.75. The fourth-order valence-corrected chi connectivity index (χ4v) is 4.88. The largest absolute Gasteiger partial charge is 0.458 e. The van der Waals surface area contributed by atoms with Gasteiger partial charge < -0.3 is 4.74 Å². The first-order valence-electron chi connectivity index (χ1n) is 7.42. The Labute approximate surface area is 144 Å². The molecular weight excluding hydrogens is 399 g/mol. The maximum Gasteiger partial charge on any atom is 0.339 e. The highest BCUT2D eigenvalue weighted by Gasteiger charge is 2.62. The summed E-state index contributed by atoms with van der Waals surface area (Å²) in [6.45, 7) is 6.92. The minimum atomic E-state index is -0.239. The molecule has 2 fully saturated rings. The molecule has 21 heavy (non-hydrogen) atoms. The molecule has 2 aliphatic rings. The van der Waals surface area contributed by atoms with Crippen molar-refractivity contribution in [2.24, 2.45) is 16.7 Å². The second-order valence-electron chi connectivity index (χ2n) is 7.13. The van der Waals surface area contributed by atoms with Crippen LogP contribution in [0.2, 0.25) is 5.02 Å². The van der Waals surface area contributed by atoms with Gasteiger partial charge in [0.1, 0.15) is 6.10 Å². The number of hydrogen-bond donors (Lipinski definition) is 0. The van der Waals surface area contributed by atoms with Crippen molar-refractivity contribution in [1.29, 1.82) is 0 Å². The summed E-state index contributed by atoms with van der Waals surface area (Å²) in [7, 11) is 0. The lowest BCUT2D eigenvalue weighted by Gasteiger charge is -2.38. The summed E-state index contributed by atoms with van der Waals surface area (Å²) in [5.74, 6) is 0.426. The number of rotatable bonds is 2. The summed E-state index contributed by atoms with van der Waals surface area (Å²) in [5.41, 5.74) is 0.920. The zero-order chi connectivity index (χ0) is 15.4. The number of esters is 1. The second kappa shape index (κ2) is 5.12. The Hall–Kier alpha value is -0.290. The maximum atomic E-state index is 12.5. The second-order valence-corrected chi connectivity index (χ2v) is 8.73. The molecule has 2 aliphatic carbocycles. The highest BCUT2D eigenvalue weighted by molar-refractivity contribution is 14.1. The molecule has 3 atom stereocenters. The number of carbonyl (C=O) groups excluding carboxylic acids is 1. The van der Waals surface area contributed by atoms with Gasteiger partial charge in [0.15, 0.2) is 0 Å². The summed E-state index contributed by atoms with van der Waals surface area (Å²) in [5, 5.41) is 0.571. The highest BCUT2D eigenvalue weighted by atomic mass is 127. The van der Waals surface area contributed by atoms with E-state index in [1.165, 1.54) is 6.42 Å². The van der Waals surface area contributed by atoms with Crippen LogP contribution in [0.4, 0.5) is 0 Å². The Morgan fingerprint density at radius 3 is 2.67 bits per heavy atom. The van der Waals surface area contributed by atoms with Crippen molar-refractivity contribution >= 4 is 40.2 Å². The fraction of sp³-hybridized carbons (Fsp3) is 0.588. The van der Waals surface area contributed by atoms with Crippen LogP contribution >= 0.6 is 34.2 Å². The van der Waals surface area contributed by atoms with Crippen molar-refractivity contribution in [2.45, 2.75) is 46.1 Å². The number of benzene rings is 1. The quantitative estimate of drug-likeness (QED) is 0.480. The molecule has 4 heteroatoms. The van der Waals surface area contributed by atoms with E-state index in [9.17, 15) is 4.79 Å². The number of halogens is 2. The molecule has 2 bridgehead atoms. The van der Waals surface area contributed by atoms with E-state index in [1.54, 1.807) is 12.1 Å². The molecule has 0 saturated heterocycles. The van der Waals surface area contributed by atoms with Crippen molar-refractivity contribution < 1.29 is 9.53 Å². The van der Waals surface area contributed by atoms with Crippen LogP contribution in [-0.4, -0.2) is 12.1 Å². The van der Waals surface area contributed by atoms with Gasteiger partial charge in [-0.2, -0.15) is 0 Å². The van der Waals surface area contributed by atoms with E-state index in [2.05, 4.69) is 43.4 Å². The Bertz CT molecular complexity index is 598.